The third-order valence-electron chi connectivity index (χ3n) is 3.72. The summed E-state index contributed by atoms with van der Waals surface area (Å²) in [5.74, 6) is 0.558. The summed E-state index contributed by atoms with van der Waals surface area (Å²) in [5, 5.41) is 9.02. The Hall–Kier alpha value is -0.780. The fourth-order valence-electron chi connectivity index (χ4n) is 2.52. The van der Waals surface area contributed by atoms with Crippen LogP contribution in [-0.2, 0) is 10.0 Å². The van der Waals surface area contributed by atoms with Gasteiger partial charge in [0.05, 0.1) is 15.6 Å². The van der Waals surface area contributed by atoms with E-state index in [2.05, 4.69) is 12.2 Å². The average Bonchev–Trinajstić information content (AvgIpc) is 2.33. The van der Waals surface area contributed by atoms with E-state index < -0.39 is 10.0 Å². The van der Waals surface area contributed by atoms with Crippen molar-refractivity contribution in [1.82, 2.24) is 0 Å². The van der Waals surface area contributed by atoms with E-state index in [0.717, 1.165) is 6.42 Å². The minimum Gasteiger partial charge on any atom is -0.381 e. The molecule has 1 aliphatic rings. The molecular formula is C13H19ClN2O2S. The lowest BCUT2D eigenvalue weighted by Crippen LogP contribution is -2.30. The van der Waals surface area contributed by atoms with Crippen LogP contribution in [0.15, 0.2) is 23.1 Å². The Morgan fingerprint density at radius 3 is 2.63 bits per heavy atom. The number of benzene rings is 1. The number of primary sulfonamides is 1. The first kappa shape index (κ1) is 14.6. The summed E-state index contributed by atoms with van der Waals surface area (Å²) in [4.78, 5) is 0.0860. The van der Waals surface area contributed by atoms with Crippen LogP contribution >= 0.6 is 11.6 Å². The Labute approximate surface area is 119 Å². The highest BCUT2D eigenvalue weighted by Gasteiger charge is 2.22. The van der Waals surface area contributed by atoms with Gasteiger partial charge in [0, 0.05) is 6.04 Å². The van der Waals surface area contributed by atoms with E-state index in [-0.39, 0.29) is 4.90 Å². The Balaban J connectivity index is 2.24. The number of sulfonamides is 1. The molecule has 6 heteroatoms. The number of anilines is 1. The van der Waals surface area contributed by atoms with Crippen LogP contribution in [-0.4, -0.2) is 14.5 Å². The Morgan fingerprint density at radius 1 is 1.32 bits per heavy atom. The zero-order chi connectivity index (χ0) is 14.0. The molecule has 0 amide bonds. The van der Waals surface area contributed by atoms with Gasteiger partial charge in [0.25, 0.3) is 0 Å². The number of hydrogen-bond donors (Lipinski definition) is 2. The summed E-state index contributed by atoms with van der Waals surface area (Å²) in [5.41, 5.74) is 0.645. The third-order valence-corrected chi connectivity index (χ3v) is 4.96. The van der Waals surface area contributed by atoms with Gasteiger partial charge in [-0.25, -0.2) is 13.6 Å². The molecular weight excluding hydrogens is 284 g/mol. The Morgan fingerprint density at radius 2 is 2.00 bits per heavy atom. The highest BCUT2D eigenvalue weighted by Crippen LogP contribution is 2.31. The SMILES string of the molecule is CC1CCCCC1Nc1cc(S(N)(=O)=O)ccc1Cl. The minimum absolute atomic E-state index is 0.0860. The zero-order valence-electron chi connectivity index (χ0n) is 10.9. The van der Waals surface area contributed by atoms with Crippen molar-refractivity contribution in [2.45, 2.75) is 43.5 Å². The molecule has 2 unspecified atom stereocenters. The van der Waals surface area contributed by atoms with Gasteiger partial charge in [0.2, 0.25) is 10.0 Å². The maximum absolute atomic E-state index is 11.4. The van der Waals surface area contributed by atoms with Gasteiger partial charge < -0.3 is 5.32 Å². The first-order valence-electron chi connectivity index (χ1n) is 6.47. The molecule has 1 saturated carbocycles. The molecule has 1 fully saturated rings. The van der Waals surface area contributed by atoms with Crippen molar-refractivity contribution in [2.75, 3.05) is 5.32 Å². The Kier molecular flexibility index (Phi) is 4.38. The van der Waals surface area contributed by atoms with Crippen molar-refractivity contribution < 1.29 is 8.42 Å². The standard InChI is InChI=1S/C13H19ClN2O2S/c1-9-4-2-3-5-12(9)16-13-8-10(19(15,17)18)6-7-11(13)14/h6-9,12,16H,2-5H2,1H3,(H2,15,17,18). The molecule has 0 spiro atoms. The lowest BCUT2D eigenvalue weighted by atomic mass is 9.86. The van der Waals surface area contributed by atoms with Crippen molar-refractivity contribution in [1.29, 1.82) is 0 Å². The highest BCUT2D eigenvalue weighted by atomic mass is 35.5. The second-order valence-corrected chi connectivity index (χ2v) is 7.17. The molecule has 2 rings (SSSR count). The monoisotopic (exact) mass is 302 g/mol. The van der Waals surface area contributed by atoms with Gasteiger partial charge in [-0.2, -0.15) is 0 Å². The molecule has 1 aliphatic carbocycles. The van der Waals surface area contributed by atoms with E-state index in [1.54, 1.807) is 6.07 Å². The molecule has 106 valence electrons. The first-order chi connectivity index (χ1) is 8.88. The fourth-order valence-corrected chi connectivity index (χ4v) is 3.23. The summed E-state index contributed by atoms with van der Waals surface area (Å²) in [6, 6.07) is 4.84. The number of halogens is 1. The van der Waals surface area contributed by atoms with Crippen LogP contribution < -0.4 is 10.5 Å². The van der Waals surface area contributed by atoms with Gasteiger partial charge in [-0.15, -0.1) is 0 Å². The molecule has 0 saturated heterocycles. The van der Waals surface area contributed by atoms with Crippen LogP contribution in [0, 0.1) is 5.92 Å². The number of rotatable bonds is 3. The zero-order valence-corrected chi connectivity index (χ0v) is 12.5. The van der Waals surface area contributed by atoms with Gasteiger partial charge in [-0.05, 0) is 37.0 Å². The van der Waals surface area contributed by atoms with Crippen molar-refractivity contribution in [2.24, 2.45) is 11.1 Å². The predicted octanol–water partition coefficient (Wildman–Crippen LogP) is 2.98. The van der Waals surface area contributed by atoms with Gasteiger partial charge in [0.1, 0.15) is 0 Å². The maximum atomic E-state index is 11.4. The molecule has 0 bridgehead atoms. The first-order valence-corrected chi connectivity index (χ1v) is 8.39. The summed E-state index contributed by atoms with van der Waals surface area (Å²) in [6.07, 6.45) is 4.71. The van der Waals surface area contributed by atoms with Gasteiger partial charge in [-0.1, -0.05) is 31.4 Å². The van der Waals surface area contributed by atoms with E-state index in [9.17, 15) is 8.42 Å². The third kappa shape index (κ3) is 3.61. The summed E-state index contributed by atoms with van der Waals surface area (Å²) >= 11 is 6.12. The van der Waals surface area contributed by atoms with Crippen LogP contribution in [0.25, 0.3) is 0 Å². The molecule has 4 nitrogen and oxygen atoms in total. The Bertz CT molecular complexity index is 560. The topological polar surface area (TPSA) is 72.2 Å². The molecule has 3 N–H and O–H groups in total. The van der Waals surface area contributed by atoms with Crippen molar-refractivity contribution >= 4 is 27.3 Å². The van der Waals surface area contributed by atoms with Crippen molar-refractivity contribution in [3.8, 4) is 0 Å². The molecule has 2 atom stereocenters. The van der Waals surface area contributed by atoms with Crippen LogP contribution in [0.1, 0.15) is 32.6 Å². The summed E-state index contributed by atoms with van der Waals surface area (Å²) in [6.45, 7) is 2.20. The fraction of sp³-hybridized carbons (Fsp3) is 0.538. The van der Waals surface area contributed by atoms with Gasteiger partial charge in [0.15, 0.2) is 0 Å². The molecule has 1 aromatic rings. The van der Waals surface area contributed by atoms with E-state index in [1.165, 1.54) is 31.4 Å². The van der Waals surface area contributed by atoms with E-state index >= 15 is 0 Å². The van der Waals surface area contributed by atoms with Crippen LogP contribution in [0.5, 0.6) is 0 Å². The lowest BCUT2D eigenvalue weighted by Gasteiger charge is -2.30. The van der Waals surface area contributed by atoms with Gasteiger partial charge >= 0.3 is 0 Å². The summed E-state index contributed by atoms with van der Waals surface area (Å²) < 4.78 is 22.7. The number of nitrogens with one attached hydrogen (secondary N) is 1. The second-order valence-electron chi connectivity index (χ2n) is 5.20. The highest BCUT2D eigenvalue weighted by molar-refractivity contribution is 7.89. The molecule has 19 heavy (non-hydrogen) atoms. The van der Waals surface area contributed by atoms with Crippen LogP contribution in [0.3, 0.4) is 0 Å². The minimum atomic E-state index is -3.70. The maximum Gasteiger partial charge on any atom is 0.238 e. The number of nitrogens with two attached hydrogens (primary N) is 1. The van der Waals surface area contributed by atoms with E-state index in [4.69, 9.17) is 16.7 Å². The smallest absolute Gasteiger partial charge is 0.238 e. The van der Waals surface area contributed by atoms with E-state index in [1.807, 2.05) is 0 Å². The van der Waals surface area contributed by atoms with E-state index in [0.29, 0.717) is 22.7 Å². The largest absolute Gasteiger partial charge is 0.381 e. The van der Waals surface area contributed by atoms with Crippen molar-refractivity contribution in [3.05, 3.63) is 23.2 Å². The molecule has 0 aromatic heterocycles. The molecule has 0 radical (unpaired) electrons. The van der Waals surface area contributed by atoms with Crippen LogP contribution in [0.2, 0.25) is 5.02 Å². The molecule has 1 aromatic carbocycles. The molecule has 0 aliphatic heterocycles. The molecule has 0 heterocycles. The second kappa shape index (κ2) is 5.69. The summed E-state index contributed by atoms with van der Waals surface area (Å²) in [7, 11) is -3.70. The lowest BCUT2D eigenvalue weighted by molar-refractivity contribution is 0.349. The van der Waals surface area contributed by atoms with Crippen LogP contribution in [0.4, 0.5) is 5.69 Å². The average molecular weight is 303 g/mol. The normalized spacial score (nSPS) is 24.2. The van der Waals surface area contributed by atoms with Gasteiger partial charge in [-0.3, -0.25) is 0 Å². The number of hydrogen-bond acceptors (Lipinski definition) is 3. The quantitative estimate of drug-likeness (QED) is 0.901. The predicted molar refractivity (Wildman–Crippen MR) is 77.9 cm³/mol. The van der Waals surface area contributed by atoms with Crippen molar-refractivity contribution in [3.63, 3.8) is 0 Å².